The van der Waals surface area contributed by atoms with Gasteiger partial charge in [-0.1, -0.05) is 28.1 Å². The fourth-order valence-electron chi connectivity index (χ4n) is 5.01. The van der Waals surface area contributed by atoms with Gasteiger partial charge in [0.15, 0.2) is 0 Å². The number of rotatable bonds is 5. The van der Waals surface area contributed by atoms with Crippen molar-refractivity contribution in [1.82, 2.24) is 9.97 Å². The molecular weight excluding hydrogens is 512 g/mol. The molecule has 0 radical (unpaired) electrons. The van der Waals surface area contributed by atoms with Crippen LogP contribution in [0.25, 0.3) is 11.3 Å². The highest BCUT2D eigenvalue weighted by atomic mass is 79.9. The summed E-state index contributed by atoms with van der Waals surface area (Å²) < 4.78 is 1.07. The van der Waals surface area contributed by atoms with Crippen molar-refractivity contribution in [3.05, 3.63) is 69.6 Å². The summed E-state index contributed by atoms with van der Waals surface area (Å²) in [5.74, 6) is 0. The molecule has 0 fully saturated rings. The Morgan fingerprint density at radius 2 is 1.50 bits per heavy atom. The number of pyridine rings is 2. The van der Waals surface area contributed by atoms with Crippen LogP contribution in [0.1, 0.15) is 35.5 Å². The maximum atomic E-state index is 11.1. The zero-order chi connectivity index (χ0) is 22.9. The number of aliphatic hydroxyl groups excluding tert-OH is 1. The highest BCUT2D eigenvalue weighted by Gasteiger charge is 2.25. The van der Waals surface area contributed by atoms with Crippen molar-refractivity contribution in [2.75, 3.05) is 36.0 Å². The van der Waals surface area contributed by atoms with E-state index >= 15 is 0 Å². The van der Waals surface area contributed by atoms with E-state index in [9.17, 15) is 5.11 Å². The molecule has 0 amide bonds. The van der Waals surface area contributed by atoms with Crippen molar-refractivity contribution >= 4 is 39.7 Å². The van der Waals surface area contributed by atoms with Gasteiger partial charge in [0, 0.05) is 41.9 Å². The van der Waals surface area contributed by atoms with Crippen molar-refractivity contribution in [2.45, 2.75) is 45.6 Å². The molecule has 3 aromatic rings. The number of aliphatic hydroxyl groups is 1. The Balaban J connectivity index is 0.00000274. The number of aryl methyl sites for hydroxylation is 4. The smallest absolute Gasteiger partial charge is 0.0889 e. The summed E-state index contributed by atoms with van der Waals surface area (Å²) in [4.78, 5) is 14.4. The van der Waals surface area contributed by atoms with Crippen LogP contribution >= 0.6 is 28.3 Å². The zero-order valence-electron chi connectivity index (χ0n) is 19.8. The lowest BCUT2D eigenvalue weighted by atomic mass is 10.0. The number of aromatic nitrogens is 2. The lowest BCUT2D eigenvalue weighted by Gasteiger charge is -2.36. The number of halogens is 2. The first-order valence-corrected chi connectivity index (χ1v) is 12.7. The Bertz CT molecular complexity index is 1150. The third kappa shape index (κ3) is 5.24. The van der Waals surface area contributed by atoms with Crippen LogP contribution < -0.4 is 9.80 Å². The first-order valence-electron chi connectivity index (χ1n) is 11.9. The fraction of sp³-hybridized carbons (Fsp3) is 0.407. The standard InChI is InChI=1S/C27H31BrN4O.ClH/c1-18-15-27-25(29-19(18)2)6-4-14-32(27)17-22(33)16-31-13-3-5-24-26(31)12-11-23(30-24)20-7-9-21(28)10-8-20;/h7-12,15,22,33H,3-6,13-14,16-17H2,1-2H3;1H. The molecule has 7 heteroatoms. The molecule has 4 heterocycles. The highest BCUT2D eigenvalue weighted by molar-refractivity contribution is 9.10. The molecule has 0 aliphatic carbocycles. The number of nitrogens with zero attached hydrogens (tertiary/aromatic N) is 4. The van der Waals surface area contributed by atoms with E-state index in [0.29, 0.717) is 13.1 Å². The summed E-state index contributed by atoms with van der Waals surface area (Å²) in [6, 6.07) is 14.8. The van der Waals surface area contributed by atoms with E-state index in [1.54, 1.807) is 0 Å². The molecule has 34 heavy (non-hydrogen) atoms. The van der Waals surface area contributed by atoms with Gasteiger partial charge in [-0.2, -0.15) is 0 Å². The maximum absolute atomic E-state index is 11.1. The van der Waals surface area contributed by atoms with E-state index in [1.807, 2.05) is 0 Å². The molecule has 2 aliphatic heterocycles. The minimum atomic E-state index is -0.436. The van der Waals surface area contributed by atoms with Gasteiger partial charge in [0.2, 0.25) is 0 Å². The summed E-state index contributed by atoms with van der Waals surface area (Å²) in [6.07, 6.45) is 3.72. The molecule has 1 N–H and O–H groups in total. The molecule has 5 nitrogen and oxygen atoms in total. The predicted molar refractivity (Wildman–Crippen MR) is 145 cm³/mol. The second-order valence-electron chi connectivity index (χ2n) is 9.28. The lowest BCUT2D eigenvalue weighted by Crippen LogP contribution is -2.44. The Morgan fingerprint density at radius 1 is 0.882 bits per heavy atom. The summed E-state index contributed by atoms with van der Waals surface area (Å²) >= 11 is 3.50. The fourth-order valence-corrected chi connectivity index (χ4v) is 5.27. The van der Waals surface area contributed by atoms with Gasteiger partial charge in [-0.15, -0.1) is 12.4 Å². The largest absolute Gasteiger partial charge is 0.389 e. The number of hydrogen-bond donors (Lipinski definition) is 1. The third-order valence-corrected chi connectivity index (χ3v) is 7.37. The average Bonchev–Trinajstić information content (AvgIpc) is 2.81. The van der Waals surface area contributed by atoms with Crippen LogP contribution in [0.4, 0.5) is 11.4 Å². The van der Waals surface area contributed by atoms with Crippen molar-refractivity contribution in [3.8, 4) is 11.3 Å². The predicted octanol–water partition coefficient (Wildman–Crippen LogP) is 5.51. The van der Waals surface area contributed by atoms with Gasteiger partial charge < -0.3 is 14.9 Å². The molecule has 0 spiro atoms. The average molecular weight is 544 g/mol. The van der Waals surface area contributed by atoms with E-state index in [1.165, 1.54) is 16.9 Å². The quantitative estimate of drug-likeness (QED) is 0.460. The highest BCUT2D eigenvalue weighted by Crippen LogP contribution is 2.31. The summed E-state index contributed by atoms with van der Waals surface area (Å²) in [6.45, 7) is 7.38. The summed E-state index contributed by atoms with van der Waals surface area (Å²) in [7, 11) is 0. The number of hydrogen-bond acceptors (Lipinski definition) is 5. The Morgan fingerprint density at radius 3 is 2.18 bits per heavy atom. The van der Waals surface area contributed by atoms with Crippen molar-refractivity contribution in [2.24, 2.45) is 0 Å². The van der Waals surface area contributed by atoms with E-state index in [-0.39, 0.29) is 12.4 Å². The molecule has 1 aromatic carbocycles. The van der Waals surface area contributed by atoms with E-state index in [2.05, 4.69) is 82.0 Å². The minimum absolute atomic E-state index is 0. The van der Waals surface area contributed by atoms with Crippen LogP contribution in [0.3, 0.4) is 0 Å². The van der Waals surface area contributed by atoms with Crippen LogP contribution in [-0.4, -0.2) is 47.4 Å². The molecule has 2 aromatic heterocycles. The molecule has 5 rings (SSSR count). The molecule has 0 saturated heterocycles. The number of fused-ring (bicyclic) bond motifs is 2. The first-order chi connectivity index (χ1) is 16.0. The van der Waals surface area contributed by atoms with Crippen molar-refractivity contribution < 1.29 is 5.11 Å². The topological polar surface area (TPSA) is 52.5 Å². The number of anilines is 2. The number of β-amino-alcohol motifs (C(OH)–C–C–N with tert-alkyl or cyclic N) is 1. The normalized spacial score (nSPS) is 15.9. The zero-order valence-corrected chi connectivity index (χ0v) is 22.2. The summed E-state index contributed by atoms with van der Waals surface area (Å²) in [5.41, 5.74) is 9.12. The Labute approximate surface area is 216 Å². The Hall–Kier alpha value is -2.15. The minimum Gasteiger partial charge on any atom is -0.389 e. The van der Waals surface area contributed by atoms with Crippen LogP contribution in [0, 0.1) is 13.8 Å². The van der Waals surface area contributed by atoms with E-state index in [4.69, 9.17) is 9.97 Å². The van der Waals surface area contributed by atoms with Gasteiger partial charge in [-0.25, -0.2) is 0 Å². The first kappa shape index (κ1) is 25.0. The van der Waals surface area contributed by atoms with Gasteiger partial charge in [-0.3, -0.25) is 9.97 Å². The van der Waals surface area contributed by atoms with Crippen molar-refractivity contribution in [1.29, 1.82) is 0 Å². The molecule has 1 unspecified atom stereocenters. The van der Waals surface area contributed by atoms with Crippen LogP contribution in [0.2, 0.25) is 0 Å². The third-order valence-electron chi connectivity index (χ3n) is 6.84. The van der Waals surface area contributed by atoms with Gasteiger partial charge in [-0.05, 0) is 75.4 Å². The summed E-state index contributed by atoms with van der Waals surface area (Å²) in [5, 5.41) is 11.1. The molecule has 0 saturated carbocycles. The van der Waals surface area contributed by atoms with Gasteiger partial charge in [0.25, 0.3) is 0 Å². The second-order valence-corrected chi connectivity index (χ2v) is 10.2. The molecule has 1 atom stereocenters. The molecule has 0 bridgehead atoms. The number of benzene rings is 1. The lowest BCUT2D eigenvalue weighted by molar-refractivity contribution is 0.183. The SMILES string of the molecule is Cc1cc2c(nc1C)CCCN2CC(O)CN1CCCc2nc(-c3ccc(Br)cc3)ccc21.Cl. The van der Waals surface area contributed by atoms with E-state index in [0.717, 1.165) is 71.6 Å². The van der Waals surface area contributed by atoms with E-state index < -0.39 is 6.10 Å². The molecule has 180 valence electrons. The molecular formula is C27H32BrClN4O. The van der Waals surface area contributed by atoms with Crippen molar-refractivity contribution in [3.63, 3.8) is 0 Å². The maximum Gasteiger partial charge on any atom is 0.0889 e. The monoisotopic (exact) mass is 542 g/mol. The Kier molecular flexibility index (Phi) is 7.80. The van der Waals surface area contributed by atoms with Crippen LogP contribution in [0.5, 0.6) is 0 Å². The van der Waals surface area contributed by atoms with Crippen LogP contribution in [-0.2, 0) is 12.8 Å². The van der Waals surface area contributed by atoms with Gasteiger partial charge >= 0.3 is 0 Å². The molecule has 2 aliphatic rings. The second kappa shape index (κ2) is 10.6. The van der Waals surface area contributed by atoms with Crippen LogP contribution in [0.15, 0.2) is 46.9 Å². The van der Waals surface area contributed by atoms with Gasteiger partial charge in [0.1, 0.15) is 0 Å². The van der Waals surface area contributed by atoms with Gasteiger partial charge in [0.05, 0.1) is 34.6 Å².